The van der Waals surface area contributed by atoms with E-state index in [0.717, 1.165) is 23.9 Å². The molecule has 1 heterocycles. The van der Waals surface area contributed by atoms with Crippen LogP contribution >= 0.6 is 27.5 Å². The van der Waals surface area contributed by atoms with Crippen molar-refractivity contribution in [1.82, 2.24) is 9.97 Å². The van der Waals surface area contributed by atoms with Gasteiger partial charge in [-0.1, -0.05) is 13.3 Å². The SMILES string of the molecule is CCC(CCCl)CNc1ncc(Br)c(OC)n1. The average molecular weight is 323 g/mol. The molecule has 1 rings (SSSR count). The van der Waals surface area contributed by atoms with Crippen molar-refractivity contribution in [2.45, 2.75) is 19.8 Å². The van der Waals surface area contributed by atoms with Crippen LogP contribution in [0.5, 0.6) is 5.88 Å². The van der Waals surface area contributed by atoms with Crippen LogP contribution in [-0.4, -0.2) is 29.5 Å². The summed E-state index contributed by atoms with van der Waals surface area (Å²) >= 11 is 9.05. The molecule has 6 heteroatoms. The van der Waals surface area contributed by atoms with Crippen molar-refractivity contribution in [2.75, 3.05) is 24.9 Å². The summed E-state index contributed by atoms with van der Waals surface area (Å²) in [5.41, 5.74) is 0. The molecule has 0 radical (unpaired) electrons. The number of nitrogens with one attached hydrogen (secondary N) is 1. The molecule has 0 saturated heterocycles. The molecular weight excluding hydrogens is 305 g/mol. The third-order valence-corrected chi connectivity index (χ3v) is 3.31. The predicted molar refractivity (Wildman–Crippen MR) is 73.9 cm³/mol. The van der Waals surface area contributed by atoms with Gasteiger partial charge in [0, 0.05) is 12.4 Å². The molecule has 0 aromatic carbocycles. The Morgan fingerprint density at radius 1 is 1.59 bits per heavy atom. The minimum Gasteiger partial charge on any atom is -0.480 e. The van der Waals surface area contributed by atoms with Crippen LogP contribution < -0.4 is 10.1 Å². The Hall–Kier alpha value is -0.550. The molecule has 0 saturated carbocycles. The molecule has 0 aliphatic carbocycles. The predicted octanol–water partition coefficient (Wildman–Crippen LogP) is 3.31. The van der Waals surface area contributed by atoms with E-state index in [4.69, 9.17) is 16.3 Å². The first-order valence-corrected chi connectivity index (χ1v) is 6.90. The van der Waals surface area contributed by atoms with E-state index in [-0.39, 0.29) is 0 Å². The van der Waals surface area contributed by atoms with Crippen LogP contribution in [0.1, 0.15) is 19.8 Å². The van der Waals surface area contributed by atoms with Gasteiger partial charge >= 0.3 is 0 Å². The van der Waals surface area contributed by atoms with Crippen LogP contribution in [0.2, 0.25) is 0 Å². The van der Waals surface area contributed by atoms with Crippen LogP contribution in [-0.2, 0) is 0 Å². The van der Waals surface area contributed by atoms with E-state index >= 15 is 0 Å². The van der Waals surface area contributed by atoms with Crippen LogP contribution in [0.15, 0.2) is 10.7 Å². The first-order chi connectivity index (χ1) is 8.21. The normalized spacial score (nSPS) is 12.2. The number of rotatable bonds is 7. The minimum atomic E-state index is 0.535. The molecule has 0 bridgehead atoms. The van der Waals surface area contributed by atoms with Gasteiger partial charge in [-0.3, -0.25) is 0 Å². The van der Waals surface area contributed by atoms with Gasteiger partial charge < -0.3 is 10.1 Å². The number of ether oxygens (including phenoxy) is 1. The van der Waals surface area contributed by atoms with Crippen LogP contribution in [0.4, 0.5) is 5.95 Å². The third-order valence-electron chi connectivity index (χ3n) is 2.55. The van der Waals surface area contributed by atoms with Gasteiger partial charge in [0.25, 0.3) is 0 Å². The lowest BCUT2D eigenvalue weighted by Crippen LogP contribution is -2.15. The number of hydrogen-bond acceptors (Lipinski definition) is 4. The van der Waals surface area contributed by atoms with Gasteiger partial charge in [-0.15, -0.1) is 11.6 Å². The van der Waals surface area contributed by atoms with Gasteiger partial charge in [0.15, 0.2) is 0 Å². The lowest BCUT2D eigenvalue weighted by molar-refractivity contribution is 0.394. The molecule has 1 aromatic heterocycles. The van der Waals surface area contributed by atoms with Crippen molar-refractivity contribution in [3.63, 3.8) is 0 Å². The molecule has 1 N–H and O–H groups in total. The Bertz CT molecular complexity index is 351. The van der Waals surface area contributed by atoms with Crippen LogP contribution in [0.25, 0.3) is 0 Å². The fourth-order valence-corrected chi connectivity index (χ4v) is 2.08. The molecule has 0 spiro atoms. The fourth-order valence-electron chi connectivity index (χ4n) is 1.42. The fraction of sp³-hybridized carbons (Fsp3) is 0.636. The van der Waals surface area contributed by atoms with Crippen molar-refractivity contribution in [3.8, 4) is 5.88 Å². The van der Waals surface area contributed by atoms with Crippen molar-refractivity contribution in [3.05, 3.63) is 10.7 Å². The van der Waals surface area contributed by atoms with E-state index < -0.39 is 0 Å². The van der Waals surface area contributed by atoms with Gasteiger partial charge in [0.2, 0.25) is 11.8 Å². The quantitative estimate of drug-likeness (QED) is 0.782. The van der Waals surface area contributed by atoms with Crippen LogP contribution in [0, 0.1) is 5.92 Å². The smallest absolute Gasteiger partial charge is 0.232 e. The van der Waals surface area contributed by atoms with E-state index in [9.17, 15) is 0 Å². The van der Waals surface area contributed by atoms with Gasteiger partial charge in [-0.05, 0) is 28.3 Å². The number of nitrogens with zero attached hydrogens (tertiary/aromatic N) is 2. The summed E-state index contributed by atoms with van der Waals surface area (Å²) in [5.74, 6) is 2.35. The molecule has 1 atom stereocenters. The Kier molecular flexibility index (Phi) is 6.58. The van der Waals surface area contributed by atoms with Gasteiger partial charge in [-0.25, -0.2) is 4.98 Å². The van der Waals surface area contributed by atoms with Crippen molar-refractivity contribution in [1.29, 1.82) is 0 Å². The standard InChI is InChI=1S/C11H17BrClN3O/c1-3-8(4-5-13)6-14-11-15-7-9(12)10(16-11)17-2/h7-8H,3-6H2,1-2H3,(H,14,15,16). The molecular formula is C11H17BrClN3O. The number of methoxy groups -OCH3 is 1. The Labute approximate surface area is 115 Å². The van der Waals surface area contributed by atoms with Crippen molar-refractivity contribution < 1.29 is 4.74 Å². The van der Waals surface area contributed by atoms with E-state index in [0.29, 0.717) is 23.6 Å². The summed E-state index contributed by atoms with van der Waals surface area (Å²) in [6, 6.07) is 0. The molecule has 0 fully saturated rings. The summed E-state index contributed by atoms with van der Waals surface area (Å²) in [7, 11) is 1.58. The summed E-state index contributed by atoms with van der Waals surface area (Å²) in [5, 5.41) is 3.20. The Morgan fingerprint density at radius 3 is 2.94 bits per heavy atom. The van der Waals surface area contributed by atoms with Gasteiger partial charge in [0.05, 0.1) is 17.8 Å². The third kappa shape index (κ3) is 4.68. The molecule has 4 nitrogen and oxygen atoms in total. The Balaban J connectivity index is 2.56. The van der Waals surface area contributed by atoms with Crippen LogP contribution in [0.3, 0.4) is 0 Å². The number of anilines is 1. The van der Waals surface area contributed by atoms with Crippen molar-refractivity contribution >= 4 is 33.5 Å². The lowest BCUT2D eigenvalue weighted by atomic mass is 10.0. The summed E-state index contributed by atoms with van der Waals surface area (Å²) < 4.78 is 5.86. The van der Waals surface area contributed by atoms with E-state index in [1.54, 1.807) is 13.3 Å². The molecule has 17 heavy (non-hydrogen) atoms. The zero-order chi connectivity index (χ0) is 12.7. The molecule has 0 aliphatic rings. The van der Waals surface area contributed by atoms with Gasteiger partial charge in [0.1, 0.15) is 0 Å². The summed E-state index contributed by atoms with van der Waals surface area (Å²) in [6.07, 6.45) is 3.77. The summed E-state index contributed by atoms with van der Waals surface area (Å²) in [4.78, 5) is 8.40. The topological polar surface area (TPSA) is 47.0 Å². The first kappa shape index (κ1) is 14.5. The van der Waals surface area contributed by atoms with Crippen molar-refractivity contribution in [2.24, 2.45) is 5.92 Å². The second-order valence-corrected chi connectivity index (χ2v) is 4.92. The summed E-state index contributed by atoms with van der Waals surface area (Å²) in [6.45, 7) is 2.98. The highest BCUT2D eigenvalue weighted by Gasteiger charge is 2.08. The monoisotopic (exact) mass is 321 g/mol. The molecule has 1 aromatic rings. The Morgan fingerprint density at radius 2 is 2.35 bits per heavy atom. The zero-order valence-electron chi connectivity index (χ0n) is 10.0. The highest BCUT2D eigenvalue weighted by molar-refractivity contribution is 9.10. The molecule has 0 amide bonds. The molecule has 96 valence electrons. The number of alkyl halides is 1. The second-order valence-electron chi connectivity index (χ2n) is 3.68. The highest BCUT2D eigenvalue weighted by atomic mass is 79.9. The highest BCUT2D eigenvalue weighted by Crippen LogP contribution is 2.22. The maximum Gasteiger partial charge on any atom is 0.232 e. The first-order valence-electron chi connectivity index (χ1n) is 5.57. The maximum atomic E-state index is 5.74. The minimum absolute atomic E-state index is 0.535. The largest absolute Gasteiger partial charge is 0.480 e. The lowest BCUT2D eigenvalue weighted by Gasteiger charge is -2.14. The molecule has 0 aliphatic heterocycles. The van der Waals surface area contributed by atoms with E-state index in [1.165, 1.54) is 0 Å². The maximum absolute atomic E-state index is 5.74. The molecule has 1 unspecified atom stereocenters. The van der Waals surface area contributed by atoms with Gasteiger partial charge in [-0.2, -0.15) is 4.98 Å². The average Bonchev–Trinajstić information content (AvgIpc) is 2.36. The van der Waals surface area contributed by atoms with E-state index in [2.05, 4.69) is 38.1 Å². The number of hydrogen-bond donors (Lipinski definition) is 1. The number of aromatic nitrogens is 2. The zero-order valence-corrected chi connectivity index (χ0v) is 12.4. The van der Waals surface area contributed by atoms with E-state index in [1.807, 2.05) is 0 Å². The second kappa shape index (κ2) is 7.71. The number of halogens is 2.